The van der Waals surface area contributed by atoms with Crippen LogP contribution < -0.4 is 10.2 Å². The molecule has 96 valence electrons. The zero-order chi connectivity index (χ0) is 12.3. The SMILES string of the molecule is CC(C)NCc1nnc(N2CCCCC2C)o1. The largest absolute Gasteiger partial charge is 0.407 e. The average molecular weight is 238 g/mol. The molecule has 1 fully saturated rings. The van der Waals surface area contributed by atoms with E-state index in [0.717, 1.165) is 6.54 Å². The summed E-state index contributed by atoms with van der Waals surface area (Å²) in [6.45, 7) is 8.09. The molecule has 1 aliphatic heterocycles. The first kappa shape index (κ1) is 12.4. The van der Waals surface area contributed by atoms with E-state index in [1.54, 1.807) is 0 Å². The van der Waals surface area contributed by atoms with Crippen LogP contribution in [0.2, 0.25) is 0 Å². The molecule has 0 bridgehead atoms. The third-order valence-corrected chi connectivity index (χ3v) is 3.17. The Morgan fingerprint density at radius 1 is 1.41 bits per heavy atom. The molecule has 0 saturated carbocycles. The molecule has 1 aliphatic rings. The van der Waals surface area contributed by atoms with Crippen molar-refractivity contribution in [2.45, 2.75) is 58.7 Å². The van der Waals surface area contributed by atoms with Gasteiger partial charge >= 0.3 is 6.01 Å². The Balaban J connectivity index is 1.97. The van der Waals surface area contributed by atoms with E-state index in [2.05, 4.69) is 41.2 Å². The van der Waals surface area contributed by atoms with Crippen LogP contribution in [-0.4, -0.2) is 28.8 Å². The summed E-state index contributed by atoms with van der Waals surface area (Å²) in [7, 11) is 0. The van der Waals surface area contributed by atoms with Crippen molar-refractivity contribution < 1.29 is 4.42 Å². The van der Waals surface area contributed by atoms with Crippen LogP contribution in [0.25, 0.3) is 0 Å². The van der Waals surface area contributed by atoms with E-state index in [0.29, 0.717) is 30.5 Å². The van der Waals surface area contributed by atoms with E-state index >= 15 is 0 Å². The second-order valence-corrected chi connectivity index (χ2v) is 5.05. The molecular weight excluding hydrogens is 216 g/mol. The molecule has 1 aromatic heterocycles. The first-order chi connectivity index (χ1) is 8.16. The van der Waals surface area contributed by atoms with Gasteiger partial charge in [-0.15, -0.1) is 5.10 Å². The van der Waals surface area contributed by atoms with Crippen LogP contribution in [0.3, 0.4) is 0 Å². The number of nitrogens with zero attached hydrogens (tertiary/aromatic N) is 3. The summed E-state index contributed by atoms with van der Waals surface area (Å²) < 4.78 is 5.69. The number of aromatic nitrogens is 2. The third-order valence-electron chi connectivity index (χ3n) is 3.17. The second kappa shape index (κ2) is 5.49. The Morgan fingerprint density at radius 2 is 2.24 bits per heavy atom. The standard InChI is InChI=1S/C12H22N4O/c1-9(2)13-8-11-14-15-12(17-11)16-7-5-4-6-10(16)3/h9-10,13H,4-8H2,1-3H3. The number of hydrogen-bond donors (Lipinski definition) is 1. The van der Waals surface area contributed by atoms with Gasteiger partial charge in [-0.05, 0) is 26.2 Å². The molecule has 5 nitrogen and oxygen atoms in total. The lowest BCUT2D eigenvalue weighted by atomic mass is 10.0. The van der Waals surface area contributed by atoms with Crippen LogP contribution >= 0.6 is 0 Å². The van der Waals surface area contributed by atoms with Gasteiger partial charge in [0.2, 0.25) is 5.89 Å². The summed E-state index contributed by atoms with van der Waals surface area (Å²) >= 11 is 0. The highest BCUT2D eigenvalue weighted by Gasteiger charge is 2.23. The Bertz CT molecular complexity index is 350. The van der Waals surface area contributed by atoms with E-state index in [1.807, 2.05) is 0 Å². The summed E-state index contributed by atoms with van der Waals surface area (Å²) in [5, 5.41) is 11.5. The molecule has 5 heteroatoms. The predicted molar refractivity (Wildman–Crippen MR) is 66.9 cm³/mol. The van der Waals surface area contributed by atoms with Crippen LogP contribution in [0.1, 0.15) is 45.9 Å². The molecule has 0 aliphatic carbocycles. The smallest absolute Gasteiger partial charge is 0.318 e. The van der Waals surface area contributed by atoms with Gasteiger partial charge in [0.05, 0.1) is 6.54 Å². The molecular formula is C12H22N4O. The molecule has 1 N–H and O–H groups in total. The maximum absolute atomic E-state index is 5.69. The summed E-state index contributed by atoms with van der Waals surface area (Å²) in [5.74, 6) is 0.673. The van der Waals surface area contributed by atoms with Crippen molar-refractivity contribution in [3.63, 3.8) is 0 Å². The van der Waals surface area contributed by atoms with Crippen LogP contribution in [0.15, 0.2) is 4.42 Å². The van der Waals surface area contributed by atoms with Crippen molar-refractivity contribution in [1.29, 1.82) is 0 Å². The highest BCUT2D eigenvalue weighted by molar-refractivity contribution is 5.26. The number of rotatable bonds is 4. The van der Waals surface area contributed by atoms with Gasteiger partial charge in [-0.25, -0.2) is 0 Å². The molecule has 1 unspecified atom stereocenters. The average Bonchev–Trinajstić information content (AvgIpc) is 2.75. The predicted octanol–water partition coefficient (Wildman–Crippen LogP) is 1.95. The van der Waals surface area contributed by atoms with E-state index in [9.17, 15) is 0 Å². The molecule has 17 heavy (non-hydrogen) atoms. The number of anilines is 1. The minimum absolute atomic E-state index is 0.430. The van der Waals surface area contributed by atoms with Gasteiger partial charge in [0.15, 0.2) is 0 Å². The lowest BCUT2D eigenvalue weighted by molar-refractivity contribution is 0.408. The number of piperidine rings is 1. The fraction of sp³-hybridized carbons (Fsp3) is 0.833. The van der Waals surface area contributed by atoms with Crippen LogP contribution in [0, 0.1) is 0 Å². The van der Waals surface area contributed by atoms with Crippen LogP contribution in [-0.2, 0) is 6.54 Å². The van der Waals surface area contributed by atoms with Crippen LogP contribution in [0.4, 0.5) is 6.01 Å². The molecule has 1 saturated heterocycles. The maximum Gasteiger partial charge on any atom is 0.318 e. The minimum Gasteiger partial charge on any atom is -0.407 e. The van der Waals surface area contributed by atoms with Gasteiger partial charge in [-0.1, -0.05) is 18.9 Å². The molecule has 0 radical (unpaired) electrons. The Kier molecular flexibility index (Phi) is 3.99. The normalized spacial score (nSPS) is 21.2. The summed E-state index contributed by atoms with van der Waals surface area (Å²) in [6.07, 6.45) is 3.72. The van der Waals surface area contributed by atoms with Gasteiger partial charge in [0, 0.05) is 18.6 Å². The third kappa shape index (κ3) is 3.19. The first-order valence-electron chi connectivity index (χ1n) is 6.49. The maximum atomic E-state index is 5.69. The van der Waals surface area contributed by atoms with Crippen molar-refractivity contribution in [1.82, 2.24) is 15.5 Å². The highest BCUT2D eigenvalue weighted by Crippen LogP contribution is 2.23. The fourth-order valence-corrected chi connectivity index (χ4v) is 2.11. The Labute approximate surface area is 103 Å². The lowest BCUT2D eigenvalue weighted by Gasteiger charge is -2.31. The molecule has 2 heterocycles. The summed E-state index contributed by atoms with van der Waals surface area (Å²) in [4.78, 5) is 2.22. The lowest BCUT2D eigenvalue weighted by Crippen LogP contribution is -2.37. The van der Waals surface area contributed by atoms with E-state index < -0.39 is 0 Å². The summed E-state index contributed by atoms with van der Waals surface area (Å²) in [5.41, 5.74) is 0. The second-order valence-electron chi connectivity index (χ2n) is 5.05. The molecule has 0 aromatic carbocycles. The molecule has 0 amide bonds. The van der Waals surface area contributed by atoms with E-state index in [4.69, 9.17) is 4.42 Å². The fourth-order valence-electron chi connectivity index (χ4n) is 2.11. The quantitative estimate of drug-likeness (QED) is 0.869. The zero-order valence-electron chi connectivity index (χ0n) is 10.9. The van der Waals surface area contributed by atoms with Gasteiger partial charge in [0.25, 0.3) is 0 Å². The van der Waals surface area contributed by atoms with Crippen molar-refractivity contribution in [3.05, 3.63) is 5.89 Å². The van der Waals surface area contributed by atoms with Crippen molar-refractivity contribution in [3.8, 4) is 0 Å². The van der Waals surface area contributed by atoms with Crippen molar-refractivity contribution >= 4 is 6.01 Å². The Morgan fingerprint density at radius 3 is 2.94 bits per heavy atom. The molecule has 2 rings (SSSR count). The van der Waals surface area contributed by atoms with Gasteiger partial charge < -0.3 is 14.6 Å². The van der Waals surface area contributed by atoms with E-state index in [-0.39, 0.29) is 0 Å². The minimum atomic E-state index is 0.430. The highest BCUT2D eigenvalue weighted by atomic mass is 16.4. The Hall–Kier alpha value is -1.10. The molecule has 1 aromatic rings. The van der Waals surface area contributed by atoms with Gasteiger partial charge in [0.1, 0.15) is 0 Å². The van der Waals surface area contributed by atoms with E-state index in [1.165, 1.54) is 19.3 Å². The van der Waals surface area contributed by atoms with Gasteiger partial charge in [-0.2, -0.15) is 0 Å². The van der Waals surface area contributed by atoms with Crippen LogP contribution in [0.5, 0.6) is 0 Å². The summed E-state index contributed by atoms with van der Waals surface area (Å²) in [6, 6.07) is 1.62. The zero-order valence-corrected chi connectivity index (χ0v) is 10.9. The number of hydrogen-bond acceptors (Lipinski definition) is 5. The molecule has 0 spiro atoms. The molecule has 1 atom stereocenters. The van der Waals surface area contributed by atoms with Crippen molar-refractivity contribution in [2.24, 2.45) is 0 Å². The first-order valence-corrected chi connectivity index (χ1v) is 6.49. The topological polar surface area (TPSA) is 54.2 Å². The number of nitrogens with one attached hydrogen (secondary N) is 1. The van der Waals surface area contributed by atoms with Crippen molar-refractivity contribution in [2.75, 3.05) is 11.4 Å². The monoisotopic (exact) mass is 238 g/mol. The van der Waals surface area contributed by atoms with Gasteiger partial charge in [-0.3, -0.25) is 0 Å².